The molecule has 0 spiro atoms. The van der Waals surface area contributed by atoms with Crippen LogP contribution in [0.15, 0.2) is 36.4 Å². The number of carbonyl (C=O) groups excluding carboxylic acids is 2. The van der Waals surface area contributed by atoms with Crippen molar-refractivity contribution >= 4 is 34.8 Å². The van der Waals surface area contributed by atoms with E-state index in [1.807, 2.05) is 32.0 Å². The number of halogens is 2. The second-order valence-electron chi connectivity index (χ2n) is 6.24. The SMILES string of the molecule is Cc1cccc(N2C[C@H](C(=O)Nc3ccc(F)c(Cl)c3)CC2=O)c1C. The lowest BCUT2D eigenvalue weighted by atomic mass is 10.1. The van der Waals surface area contributed by atoms with E-state index in [0.717, 1.165) is 16.8 Å². The number of hydrogen-bond acceptors (Lipinski definition) is 2. The third-order valence-corrected chi connectivity index (χ3v) is 4.84. The predicted octanol–water partition coefficient (Wildman–Crippen LogP) is 4.09. The summed E-state index contributed by atoms with van der Waals surface area (Å²) in [5.74, 6) is -1.36. The van der Waals surface area contributed by atoms with Crippen LogP contribution in [0.2, 0.25) is 5.02 Å². The van der Waals surface area contributed by atoms with Crippen LogP contribution in [-0.4, -0.2) is 18.4 Å². The normalized spacial score (nSPS) is 17.0. The summed E-state index contributed by atoms with van der Waals surface area (Å²) in [6, 6.07) is 9.77. The Kier molecular flexibility index (Phi) is 4.77. The maximum atomic E-state index is 13.2. The molecule has 0 aliphatic carbocycles. The molecule has 2 aromatic rings. The van der Waals surface area contributed by atoms with E-state index >= 15 is 0 Å². The number of hydrogen-bond donors (Lipinski definition) is 1. The first-order valence-corrected chi connectivity index (χ1v) is 8.37. The molecule has 1 fully saturated rings. The van der Waals surface area contributed by atoms with E-state index in [0.29, 0.717) is 12.2 Å². The summed E-state index contributed by atoms with van der Waals surface area (Å²) in [4.78, 5) is 26.5. The van der Waals surface area contributed by atoms with Gasteiger partial charge in [0.1, 0.15) is 5.82 Å². The molecule has 6 heteroatoms. The van der Waals surface area contributed by atoms with Crippen molar-refractivity contribution in [1.82, 2.24) is 0 Å². The Hall–Kier alpha value is -2.40. The molecule has 0 saturated carbocycles. The molecule has 1 heterocycles. The van der Waals surface area contributed by atoms with Gasteiger partial charge < -0.3 is 10.2 Å². The Morgan fingerprint density at radius 2 is 2.04 bits per heavy atom. The van der Waals surface area contributed by atoms with Crippen molar-refractivity contribution in [2.75, 3.05) is 16.8 Å². The molecule has 1 atom stereocenters. The van der Waals surface area contributed by atoms with E-state index in [4.69, 9.17) is 11.6 Å². The number of nitrogens with zero attached hydrogens (tertiary/aromatic N) is 1. The summed E-state index contributed by atoms with van der Waals surface area (Å²) in [6.07, 6.45) is 0.147. The second-order valence-corrected chi connectivity index (χ2v) is 6.65. The topological polar surface area (TPSA) is 49.4 Å². The third kappa shape index (κ3) is 3.51. The molecule has 2 amide bonds. The zero-order chi connectivity index (χ0) is 18.1. The van der Waals surface area contributed by atoms with Gasteiger partial charge in [-0.2, -0.15) is 0 Å². The number of aryl methyl sites for hydroxylation is 1. The van der Waals surface area contributed by atoms with E-state index in [9.17, 15) is 14.0 Å². The highest BCUT2D eigenvalue weighted by Gasteiger charge is 2.35. The van der Waals surface area contributed by atoms with E-state index < -0.39 is 11.7 Å². The van der Waals surface area contributed by atoms with Crippen LogP contribution in [0.5, 0.6) is 0 Å². The van der Waals surface area contributed by atoms with Crippen LogP contribution in [0, 0.1) is 25.6 Å². The van der Waals surface area contributed by atoms with Crippen molar-refractivity contribution in [3.05, 3.63) is 58.4 Å². The number of carbonyl (C=O) groups is 2. The summed E-state index contributed by atoms with van der Waals surface area (Å²) in [7, 11) is 0. The first-order valence-electron chi connectivity index (χ1n) is 7.99. The van der Waals surface area contributed by atoms with Crippen LogP contribution >= 0.6 is 11.6 Å². The van der Waals surface area contributed by atoms with Crippen molar-refractivity contribution in [3.63, 3.8) is 0 Å². The highest BCUT2D eigenvalue weighted by molar-refractivity contribution is 6.31. The van der Waals surface area contributed by atoms with Crippen LogP contribution in [0.3, 0.4) is 0 Å². The third-order valence-electron chi connectivity index (χ3n) is 4.55. The highest BCUT2D eigenvalue weighted by atomic mass is 35.5. The van der Waals surface area contributed by atoms with Crippen LogP contribution in [0.25, 0.3) is 0 Å². The molecule has 1 N–H and O–H groups in total. The molecule has 25 heavy (non-hydrogen) atoms. The largest absolute Gasteiger partial charge is 0.326 e. The van der Waals surface area contributed by atoms with Crippen molar-refractivity contribution in [2.45, 2.75) is 20.3 Å². The quantitative estimate of drug-likeness (QED) is 0.896. The van der Waals surface area contributed by atoms with Gasteiger partial charge in [0.25, 0.3) is 0 Å². The second kappa shape index (κ2) is 6.84. The zero-order valence-corrected chi connectivity index (χ0v) is 14.7. The maximum Gasteiger partial charge on any atom is 0.229 e. The van der Waals surface area contributed by atoms with E-state index in [1.165, 1.54) is 18.2 Å². The molecular weight excluding hydrogens is 343 g/mol. The first-order chi connectivity index (χ1) is 11.9. The van der Waals surface area contributed by atoms with Gasteiger partial charge in [0.05, 0.1) is 10.9 Å². The van der Waals surface area contributed by atoms with E-state index in [-0.39, 0.29) is 23.3 Å². The van der Waals surface area contributed by atoms with E-state index in [2.05, 4.69) is 5.32 Å². The molecule has 0 bridgehead atoms. The fourth-order valence-corrected chi connectivity index (χ4v) is 3.14. The van der Waals surface area contributed by atoms with Crippen molar-refractivity contribution < 1.29 is 14.0 Å². The molecule has 3 rings (SSSR count). The average molecular weight is 361 g/mol. The van der Waals surface area contributed by atoms with Gasteiger partial charge in [-0.3, -0.25) is 9.59 Å². The lowest BCUT2D eigenvalue weighted by Gasteiger charge is -2.20. The molecule has 1 saturated heterocycles. The lowest BCUT2D eigenvalue weighted by Crippen LogP contribution is -2.28. The Labute approximate surface area is 150 Å². The zero-order valence-electron chi connectivity index (χ0n) is 14.0. The summed E-state index contributed by atoms with van der Waals surface area (Å²) >= 11 is 5.73. The van der Waals surface area contributed by atoms with Gasteiger partial charge in [-0.15, -0.1) is 0 Å². The van der Waals surface area contributed by atoms with E-state index in [1.54, 1.807) is 4.90 Å². The molecular formula is C19H18ClFN2O2. The summed E-state index contributed by atoms with van der Waals surface area (Å²) in [6.45, 7) is 4.28. The van der Waals surface area contributed by atoms with Crippen LogP contribution in [0.1, 0.15) is 17.5 Å². The maximum absolute atomic E-state index is 13.2. The smallest absolute Gasteiger partial charge is 0.229 e. The minimum Gasteiger partial charge on any atom is -0.326 e. The lowest BCUT2D eigenvalue weighted by molar-refractivity contribution is -0.122. The van der Waals surface area contributed by atoms with Crippen LogP contribution < -0.4 is 10.2 Å². The first kappa shape index (κ1) is 17.4. The molecule has 2 aromatic carbocycles. The predicted molar refractivity (Wildman–Crippen MR) is 96.4 cm³/mol. The van der Waals surface area contributed by atoms with Crippen molar-refractivity contribution in [1.29, 1.82) is 0 Å². The minimum absolute atomic E-state index is 0.0580. The summed E-state index contributed by atoms with van der Waals surface area (Å²) in [5, 5.41) is 2.64. The summed E-state index contributed by atoms with van der Waals surface area (Å²) in [5.41, 5.74) is 3.38. The molecule has 0 radical (unpaired) electrons. The van der Waals surface area contributed by atoms with Gasteiger partial charge in [-0.1, -0.05) is 23.7 Å². The fourth-order valence-electron chi connectivity index (χ4n) is 2.96. The molecule has 4 nitrogen and oxygen atoms in total. The molecule has 1 aliphatic rings. The molecule has 1 aliphatic heterocycles. The highest BCUT2D eigenvalue weighted by Crippen LogP contribution is 2.30. The molecule has 0 aromatic heterocycles. The average Bonchev–Trinajstić information content (AvgIpc) is 2.95. The van der Waals surface area contributed by atoms with Gasteiger partial charge in [0, 0.05) is 24.3 Å². The number of anilines is 2. The Morgan fingerprint density at radius 1 is 1.28 bits per heavy atom. The fraction of sp³-hybridized carbons (Fsp3) is 0.263. The molecule has 130 valence electrons. The van der Waals surface area contributed by atoms with Gasteiger partial charge in [-0.25, -0.2) is 4.39 Å². The Morgan fingerprint density at radius 3 is 2.76 bits per heavy atom. The van der Waals surface area contributed by atoms with Crippen LogP contribution in [-0.2, 0) is 9.59 Å². The molecule has 0 unspecified atom stereocenters. The van der Waals surface area contributed by atoms with Gasteiger partial charge in [0.2, 0.25) is 11.8 Å². The number of rotatable bonds is 3. The van der Waals surface area contributed by atoms with Gasteiger partial charge in [-0.05, 0) is 49.2 Å². The van der Waals surface area contributed by atoms with Gasteiger partial charge >= 0.3 is 0 Å². The van der Waals surface area contributed by atoms with Gasteiger partial charge in [0.15, 0.2) is 0 Å². The van der Waals surface area contributed by atoms with Crippen LogP contribution in [0.4, 0.5) is 15.8 Å². The Balaban J connectivity index is 1.74. The summed E-state index contributed by atoms with van der Waals surface area (Å²) < 4.78 is 13.2. The minimum atomic E-state index is -0.545. The van der Waals surface area contributed by atoms with Crippen molar-refractivity contribution in [3.8, 4) is 0 Å². The number of amides is 2. The Bertz CT molecular complexity index is 853. The number of nitrogens with one attached hydrogen (secondary N) is 1. The van der Waals surface area contributed by atoms with Crippen molar-refractivity contribution in [2.24, 2.45) is 5.92 Å². The monoisotopic (exact) mass is 360 g/mol. The standard InChI is InChI=1S/C19H18ClFN2O2/c1-11-4-3-5-17(12(11)2)23-10-13(8-18(23)24)19(25)22-14-6-7-16(21)15(20)9-14/h3-7,9,13H,8,10H2,1-2H3,(H,22,25)/t13-/m1/s1. The number of benzene rings is 2.